The molecule has 0 bridgehead atoms. The molecule has 1 aromatic heterocycles. The number of carbonyl (C=O) groups excluding carboxylic acids is 2. The quantitative estimate of drug-likeness (QED) is 0.715. The summed E-state index contributed by atoms with van der Waals surface area (Å²) in [6, 6.07) is 7.62. The Balaban J connectivity index is 1.79. The number of amides is 1. The fraction of sp³-hybridized carbons (Fsp3) is 0.476. The summed E-state index contributed by atoms with van der Waals surface area (Å²) in [5.74, 6) is -0.548. The molecule has 1 aliphatic heterocycles. The highest BCUT2D eigenvalue weighted by atomic mass is 35.5. The van der Waals surface area contributed by atoms with Crippen LogP contribution in [0.5, 0.6) is 0 Å². The highest BCUT2D eigenvalue weighted by molar-refractivity contribution is 6.31. The topological polar surface area (TPSA) is 64.4 Å². The molecule has 1 amide bonds. The van der Waals surface area contributed by atoms with Crippen LogP contribution in [0.3, 0.4) is 0 Å². The minimum absolute atomic E-state index is 0.0746. The molecule has 0 N–H and O–H groups in total. The molecular formula is C21H26ClN3O3. The minimum atomic E-state index is -0.253. The second-order valence-corrected chi connectivity index (χ2v) is 7.54. The van der Waals surface area contributed by atoms with E-state index in [1.807, 2.05) is 42.8 Å². The van der Waals surface area contributed by atoms with E-state index in [1.165, 1.54) is 0 Å². The molecule has 7 heteroatoms. The third-order valence-corrected chi connectivity index (χ3v) is 5.57. The number of aryl methyl sites for hydroxylation is 1. The second kappa shape index (κ2) is 8.78. The zero-order chi connectivity index (χ0) is 20.3. The summed E-state index contributed by atoms with van der Waals surface area (Å²) in [5.41, 5.74) is 3.05. The standard InChI is InChI=1S/C21H26ClN3O3/c1-4-28-21(27)17-9-7-11-24(12-17)20(26)19-14(2)23-25(15(19)3)13-16-8-5-6-10-18(16)22/h5-6,8,10,17H,4,7,9,11-13H2,1-3H3. The van der Waals surface area contributed by atoms with E-state index in [9.17, 15) is 9.59 Å². The lowest BCUT2D eigenvalue weighted by Crippen LogP contribution is -2.43. The van der Waals surface area contributed by atoms with Crippen LogP contribution >= 0.6 is 11.6 Å². The largest absolute Gasteiger partial charge is 0.466 e. The van der Waals surface area contributed by atoms with E-state index in [2.05, 4.69) is 5.10 Å². The van der Waals surface area contributed by atoms with Crippen molar-refractivity contribution in [2.45, 2.75) is 40.2 Å². The normalized spacial score (nSPS) is 16.9. The van der Waals surface area contributed by atoms with Crippen molar-refractivity contribution in [3.8, 4) is 0 Å². The van der Waals surface area contributed by atoms with Crippen molar-refractivity contribution in [2.75, 3.05) is 19.7 Å². The first-order valence-corrected chi connectivity index (χ1v) is 10.0. The van der Waals surface area contributed by atoms with E-state index in [-0.39, 0.29) is 17.8 Å². The van der Waals surface area contributed by atoms with Crippen LogP contribution in [0, 0.1) is 19.8 Å². The predicted octanol–water partition coefficient (Wildman–Crippen LogP) is 3.62. The summed E-state index contributed by atoms with van der Waals surface area (Å²) >= 11 is 6.27. The van der Waals surface area contributed by atoms with Crippen LogP contribution in [0.15, 0.2) is 24.3 Å². The summed E-state index contributed by atoms with van der Waals surface area (Å²) in [7, 11) is 0. The molecule has 6 nitrogen and oxygen atoms in total. The van der Waals surface area contributed by atoms with Gasteiger partial charge in [0.1, 0.15) is 0 Å². The number of likely N-dealkylation sites (tertiary alicyclic amines) is 1. The first kappa shape index (κ1) is 20.4. The Morgan fingerprint density at radius 3 is 2.75 bits per heavy atom. The van der Waals surface area contributed by atoms with E-state index in [4.69, 9.17) is 16.3 Å². The number of ether oxygens (including phenoxy) is 1. The van der Waals surface area contributed by atoms with Crippen molar-refractivity contribution in [2.24, 2.45) is 5.92 Å². The van der Waals surface area contributed by atoms with Gasteiger partial charge < -0.3 is 9.64 Å². The molecule has 0 spiro atoms. The van der Waals surface area contributed by atoms with E-state index >= 15 is 0 Å². The molecule has 2 aromatic rings. The molecule has 0 aliphatic carbocycles. The van der Waals surface area contributed by atoms with Crippen molar-refractivity contribution in [3.05, 3.63) is 51.8 Å². The Hall–Kier alpha value is -2.34. The van der Waals surface area contributed by atoms with Crippen LogP contribution in [0.1, 0.15) is 47.1 Å². The zero-order valence-electron chi connectivity index (χ0n) is 16.6. The number of aromatic nitrogens is 2. The van der Waals surface area contributed by atoms with Gasteiger partial charge in [-0.25, -0.2) is 0 Å². The third kappa shape index (κ3) is 4.22. The number of carbonyl (C=O) groups is 2. The molecule has 2 heterocycles. The Labute approximate surface area is 170 Å². The predicted molar refractivity (Wildman–Crippen MR) is 108 cm³/mol. The fourth-order valence-corrected chi connectivity index (χ4v) is 3.92. The van der Waals surface area contributed by atoms with Gasteiger partial charge in [0.25, 0.3) is 5.91 Å². The lowest BCUT2D eigenvalue weighted by molar-refractivity contribution is -0.149. The molecule has 150 valence electrons. The minimum Gasteiger partial charge on any atom is -0.466 e. The van der Waals surface area contributed by atoms with Gasteiger partial charge in [-0.15, -0.1) is 0 Å². The molecule has 1 atom stereocenters. The van der Waals surface area contributed by atoms with E-state index in [0.717, 1.165) is 24.1 Å². The van der Waals surface area contributed by atoms with Crippen molar-refractivity contribution < 1.29 is 14.3 Å². The first-order valence-electron chi connectivity index (χ1n) is 9.65. The monoisotopic (exact) mass is 403 g/mol. The third-order valence-electron chi connectivity index (χ3n) is 5.20. The lowest BCUT2D eigenvalue weighted by Gasteiger charge is -2.31. The average molecular weight is 404 g/mol. The van der Waals surface area contributed by atoms with Crippen molar-refractivity contribution >= 4 is 23.5 Å². The first-order chi connectivity index (χ1) is 13.4. The molecule has 0 radical (unpaired) electrons. The maximum atomic E-state index is 13.2. The van der Waals surface area contributed by atoms with Gasteiger partial charge in [0.15, 0.2) is 0 Å². The Morgan fingerprint density at radius 2 is 2.04 bits per heavy atom. The summed E-state index contributed by atoms with van der Waals surface area (Å²) in [5, 5.41) is 5.24. The van der Waals surface area contributed by atoms with E-state index in [1.54, 1.807) is 11.8 Å². The molecule has 1 fully saturated rings. The fourth-order valence-electron chi connectivity index (χ4n) is 3.72. The number of benzene rings is 1. The molecule has 1 aliphatic rings. The number of hydrogen-bond donors (Lipinski definition) is 0. The molecule has 3 rings (SSSR count). The highest BCUT2D eigenvalue weighted by Gasteiger charge is 2.32. The van der Waals surface area contributed by atoms with Gasteiger partial charge >= 0.3 is 5.97 Å². The van der Waals surface area contributed by atoms with Gasteiger partial charge in [-0.2, -0.15) is 5.10 Å². The van der Waals surface area contributed by atoms with Crippen molar-refractivity contribution in [1.29, 1.82) is 0 Å². The van der Waals surface area contributed by atoms with E-state index < -0.39 is 0 Å². The number of hydrogen-bond acceptors (Lipinski definition) is 4. The van der Waals surface area contributed by atoms with Crippen molar-refractivity contribution in [1.82, 2.24) is 14.7 Å². The second-order valence-electron chi connectivity index (χ2n) is 7.14. The van der Waals surface area contributed by atoms with Gasteiger partial charge in [0.2, 0.25) is 0 Å². The highest BCUT2D eigenvalue weighted by Crippen LogP contribution is 2.24. The van der Waals surface area contributed by atoms with Gasteiger partial charge in [0.05, 0.1) is 30.3 Å². The lowest BCUT2D eigenvalue weighted by atomic mass is 9.97. The van der Waals surface area contributed by atoms with Crippen LogP contribution in [-0.2, 0) is 16.1 Å². The van der Waals surface area contributed by atoms with Crippen LogP contribution in [-0.4, -0.2) is 46.3 Å². The summed E-state index contributed by atoms with van der Waals surface area (Å²) < 4.78 is 6.95. The SMILES string of the molecule is CCOC(=O)C1CCCN(C(=O)c2c(C)nn(Cc3ccccc3Cl)c2C)C1. The number of halogens is 1. The summed E-state index contributed by atoms with van der Waals surface area (Å²) in [4.78, 5) is 27.0. The van der Waals surface area contributed by atoms with Crippen LogP contribution in [0.25, 0.3) is 0 Å². The van der Waals surface area contributed by atoms with Gasteiger partial charge in [0, 0.05) is 23.8 Å². The summed E-state index contributed by atoms with van der Waals surface area (Å²) in [6.45, 7) is 7.44. The maximum absolute atomic E-state index is 13.2. The molecule has 1 unspecified atom stereocenters. The Kier molecular flexibility index (Phi) is 6.39. The van der Waals surface area contributed by atoms with Crippen LogP contribution < -0.4 is 0 Å². The van der Waals surface area contributed by atoms with Crippen molar-refractivity contribution in [3.63, 3.8) is 0 Å². The molecular weight excluding hydrogens is 378 g/mol. The van der Waals surface area contributed by atoms with Crippen LogP contribution in [0.2, 0.25) is 5.02 Å². The molecule has 0 saturated carbocycles. The molecule has 1 aromatic carbocycles. The zero-order valence-corrected chi connectivity index (χ0v) is 17.3. The van der Waals surface area contributed by atoms with Gasteiger partial charge in [-0.3, -0.25) is 14.3 Å². The van der Waals surface area contributed by atoms with Crippen LogP contribution in [0.4, 0.5) is 0 Å². The smallest absolute Gasteiger partial charge is 0.310 e. The maximum Gasteiger partial charge on any atom is 0.310 e. The number of esters is 1. The molecule has 28 heavy (non-hydrogen) atoms. The number of rotatable bonds is 5. The number of piperidine rings is 1. The van der Waals surface area contributed by atoms with Gasteiger partial charge in [-0.1, -0.05) is 29.8 Å². The van der Waals surface area contributed by atoms with Gasteiger partial charge in [-0.05, 0) is 45.2 Å². The summed E-state index contributed by atoms with van der Waals surface area (Å²) in [6.07, 6.45) is 1.55. The molecule has 1 saturated heterocycles. The van der Waals surface area contributed by atoms with E-state index in [0.29, 0.717) is 42.5 Å². The number of nitrogens with zero attached hydrogens (tertiary/aromatic N) is 3. The Morgan fingerprint density at radius 1 is 1.29 bits per heavy atom. The Bertz CT molecular complexity index is 878. The average Bonchev–Trinajstić information content (AvgIpc) is 2.96.